The van der Waals surface area contributed by atoms with E-state index in [0.29, 0.717) is 19.0 Å². The Morgan fingerprint density at radius 2 is 2.04 bits per heavy atom. The summed E-state index contributed by atoms with van der Waals surface area (Å²) in [6.07, 6.45) is 2.48. The van der Waals surface area contributed by atoms with Crippen LogP contribution < -0.4 is 10.1 Å². The summed E-state index contributed by atoms with van der Waals surface area (Å²) < 4.78 is 6.02. The second kappa shape index (κ2) is 9.56. The largest absolute Gasteiger partial charge is 0.481 e. The molecule has 2 atom stereocenters. The van der Waals surface area contributed by atoms with E-state index in [1.54, 1.807) is 0 Å². The molecule has 144 valence electrons. The minimum Gasteiger partial charge on any atom is -0.481 e. The Morgan fingerprint density at radius 3 is 2.70 bits per heavy atom. The highest BCUT2D eigenvalue weighted by atomic mass is 16.5. The maximum Gasteiger partial charge on any atom is 0.263 e. The predicted octanol–water partition coefficient (Wildman–Crippen LogP) is 3.93. The van der Waals surface area contributed by atoms with Gasteiger partial charge in [-0.15, -0.1) is 0 Å². The van der Waals surface area contributed by atoms with Gasteiger partial charge in [0, 0.05) is 19.1 Å². The van der Waals surface area contributed by atoms with Crippen LogP contribution in [0.25, 0.3) is 0 Å². The van der Waals surface area contributed by atoms with E-state index in [9.17, 15) is 4.79 Å². The summed E-state index contributed by atoms with van der Waals surface area (Å²) in [6.45, 7) is 6.47. The molecule has 0 spiro atoms. The zero-order valence-corrected chi connectivity index (χ0v) is 16.4. The number of amides is 1. The number of rotatable bonds is 8. The first-order valence-corrected chi connectivity index (χ1v) is 9.95. The highest BCUT2D eigenvalue weighted by Gasteiger charge is 2.28. The van der Waals surface area contributed by atoms with Gasteiger partial charge >= 0.3 is 0 Å². The van der Waals surface area contributed by atoms with Crippen molar-refractivity contribution in [2.24, 2.45) is 0 Å². The number of aryl methyl sites for hydroxylation is 1. The third-order valence-electron chi connectivity index (χ3n) is 5.04. The normalized spacial score (nSPS) is 17.5. The highest BCUT2D eigenvalue weighted by molar-refractivity contribution is 5.81. The van der Waals surface area contributed by atoms with E-state index in [-0.39, 0.29) is 5.91 Å². The van der Waals surface area contributed by atoms with Crippen molar-refractivity contribution in [2.75, 3.05) is 13.1 Å². The summed E-state index contributed by atoms with van der Waals surface area (Å²) in [4.78, 5) is 15.3. The summed E-state index contributed by atoms with van der Waals surface area (Å²) >= 11 is 0. The van der Waals surface area contributed by atoms with E-state index in [4.69, 9.17) is 4.74 Å². The Labute approximate surface area is 162 Å². The molecule has 4 heteroatoms. The molecule has 2 aromatic carbocycles. The van der Waals surface area contributed by atoms with Crippen molar-refractivity contribution in [1.82, 2.24) is 10.2 Å². The lowest BCUT2D eigenvalue weighted by Gasteiger charge is -2.30. The molecule has 0 aromatic heterocycles. The second-order valence-electron chi connectivity index (χ2n) is 7.33. The Balaban J connectivity index is 1.75. The zero-order chi connectivity index (χ0) is 19.1. The van der Waals surface area contributed by atoms with Crippen molar-refractivity contribution < 1.29 is 9.53 Å². The fourth-order valence-corrected chi connectivity index (χ4v) is 3.62. The molecule has 0 saturated carbocycles. The van der Waals surface area contributed by atoms with Gasteiger partial charge in [0.05, 0.1) is 0 Å². The predicted molar refractivity (Wildman–Crippen MR) is 109 cm³/mol. The fourth-order valence-electron chi connectivity index (χ4n) is 3.62. The van der Waals surface area contributed by atoms with Crippen molar-refractivity contribution in [3.63, 3.8) is 0 Å². The summed E-state index contributed by atoms with van der Waals surface area (Å²) in [6, 6.07) is 18.4. The van der Waals surface area contributed by atoms with Crippen LogP contribution in [0, 0.1) is 6.92 Å². The van der Waals surface area contributed by atoms with Crippen LogP contribution in [-0.4, -0.2) is 36.0 Å². The molecule has 1 saturated heterocycles. The molecule has 0 radical (unpaired) electrons. The Bertz CT molecular complexity index is 726. The smallest absolute Gasteiger partial charge is 0.263 e. The van der Waals surface area contributed by atoms with Crippen LogP contribution in [0.2, 0.25) is 0 Å². The van der Waals surface area contributed by atoms with Crippen LogP contribution >= 0.6 is 0 Å². The molecule has 1 amide bonds. The van der Waals surface area contributed by atoms with Crippen molar-refractivity contribution in [3.05, 3.63) is 65.7 Å². The van der Waals surface area contributed by atoms with E-state index in [2.05, 4.69) is 36.5 Å². The molecule has 2 aromatic rings. The van der Waals surface area contributed by atoms with Gasteiger partial charge in [0.1, 0.15) is 5.75 Å². The minimum atomic E-state index is -0.460. The Morgan fingerprint density at radius 1 is 1.22 bits per heavy atom. The second-order valence-corrected chi connectivity index (χ2v) is 7.33. The highest BCUT2D eigenvalue weighted by Crippen LogP contribution is 2.18. The van der Waals surface area contributed by atoms with Crippen LogP contribution in [-0.2, 0) is 11.3 Å². The number of benzene rings is 2. The summed E-state index contributed by atoms with van der Waals surface area (Å²) in [5, 5.41) is 3.51. The molecule has 1 aliphatic heterocycles. The molecule has 0 bridgehead atoms. The van der Waals surface area contributed by atoms with Gasteiger partial charge in [-0.3, -0.25) is 4.79 Å². The Hall–Kier alpha value is -2.33. The lowest BCUT2D eigenvalue weighted by atomic mass is 10.1. The van der Waals surface area contributed by atoms with Crippen LogP contribution in [0.3, 0.4) is 0 Å². The van der Waals surface area contributed by atoms with Gasteiger partial charge in [0.2, 0.25) is 0 Å². The van der Waals surface area contributed by atoms with Crippen LogP contribution in [0.15, 0.2) is 54.6 Å². The molecular weight excluding hydrogens is 336 g/mol. The molecule has 27 heavy (non-hydrogen) atoms. The zero-order valence-electron chi connectivity index (χ0n) is 16.4. The first kappa shape index (κ1) is 19.4. The number of nitrogens with one attached hydrogen (secondary N) is 1. The van der Waals surface area contributed by atoms with Crippen LogP contribution in [0.4, 0.5) is 0 Å². The number of ether oxygens (including phenoxy) is 1. The SMILES string of the molecule is CC[C@@H](Oc1ccccc1)C(=O)N(Cc1cccc(C)c1)CC1CCCN1. The lowest BCUT2D eigenvalue weighted by molar-refractivity contribution is -0.139. The van der Waals surface area contributed by atoms with E-state index in [1.807, 2.05) is 42.2 Å². The summed E-state index contributed by atoms with van der Waals surface area (Å²) in [5.41, 5.74) is 2.38. The van der Waals surface area contributed by atoms with E-state index in [1.165, 1.54) is 12.0 Å². The van der Waals surface area contributed by atoms with E-state index < -0.39 is 6.10 Å². The molecule has 1 aliphatic rings. The first-order chi connectivity index (χ1) is 13.2. The number of carbonyl (C=O) groups is 1. The van der Waals surface area contributed by atoms with Crippen molar-refractivity contribution in [2.45, 2.75) is 51.8 Å². The summed E-state index contributed by atoms with van der Waals surface area (Å²) in [5.74, 6) is 0.809. The average Bonchev–Trinajstić information content (AvgIpc) is 3.19. The number of para-hydroxylation sites is 1. The number of carbonyl (C=O) groups excluding carboxylic acids is 1. The van der Waals surface area contributed by atoms with Gasteiger partial charge in [-0.25, -0.2) is 0 Å². The lowest BCUT2D eigenvalue weighted by Crippen LogP contribution is -2.46. The van der Waals surface area contributed by atoms with Crippen LogP contribution in [0.1, 0.15) is 37.3 Å². The molecule has 1 fully saturated rings. The van der Waals surface area contributed by atoms with Gasteiger partial charge in [-0.05, 0) is 50.4 Å². The van der Waals surface area contributed by atoms with Crippen molar-refractivity contribution >= 4 is 5.91 Å². The molecule has 1 heterocycles. The summed E-state index contributed by atoms with van der Waals surface area (Å²) in [7, 11) is 0. The van der Waals surface area contributed by atoms with Crippen LogP contribution in [0.5, 0.6) is 5.75 Å². The molecule has 4 nitrogen and oxygen atoms in total. The minimum absolute atomic E-state index is 0.0663. The quantitative estimate of drug-likeness (QED) is 0.770. The van der Waals surface area contributed by atoms with Crippen molar-refractivity contribution in [1.29, 1.82) is 0 Å². The number of hydrogen-bond acceptors (Lipinski definition) is 3. The molecule has 1 unspecified atom stereocenters. The van der Waals surface area contributed by atoms with Crippen molar-refractivity contribution in [3.8, 4) is 5.75 Å². The third-order valence-corrected chi connectivity index (χ3v) is 5.04. The third kappa shape index (κ3) is 5.57. The van der Waals surface area contributed by atoms with Gasteiger partial charge in [-0.1, -0.05) is 55.0 Å². The Kier molecular flexibility index (Phi) is 6.88. The van der Waals surface area contributed by atoms with Gasteiger partial charge in [0.25, 0.3) is 5.91 Å². The van der Waals surface area contributed by atoms with E-state index in [0.717, 1.165) is 30.8 Å². The fraction of sp³-hybridized carbons (Fsp3) is 0.435. The maximum absolute atomic E-state index is 13.3. The van der Waals surface area contributed by atoms with Gasteiger partial charge in [-0.2, -0.15) is 0 Å². The van der Waals surface area contributed by atoms with Gasteiger partial charge in [0.15, 0.2) is 6.10 Å². The number of hydrogen-bond donors (Lipinski definition) is 1. The molecule has 3 rings (SSSR count). The average molecular weight is 367 g/mol. The molecular formula is C23H30N2O2. The standard InChI is InChI=1S/C23H30N2O2/c1-3-22(27-21-12-5-4-6-13-21)23(26)25(17-20-11-8-14-24-20)16-19-10-7-9-18(2)15-19/h4-7,9-10,12-13,15,20,22,24H,3,8,11,14,16-17H2,1-2H3/t20?,22-/m1/s1. The molecule has 0 aliphatic carbocycles. The monoisotopic (exact) mass is 366 g/mol. The first-order valence-electron chi connectivity index (χ1n) is 9.95. The number of nitrogens with zero attached hydrogens (tertiary/aromatic N) is 1. The molecule has 1 N–H and O–H groups in total. The topological polar surface area (TPSA) is 41.6 Å². The van der Waals surface area contributed by atoms with E-state index >= 15 is 0 Å². The maximum atomic E-state index is 13.3. The van der Waals surface area contributed by atoms with Gasteiger partial charge < -0.3 is 15.0 Å².